The maximum atomic E-state index is 13.7. The van der Waals surface area contributed by atoms with Gasteiger partial charge in [0.25, 0.3) is 0 Å². The lowest BCUT2D eigenvalue weighted by Crippen LogP contribution is -2.48. The van der Waals surface area contributed by atoms with E-state index in [1.165, 1.54) is 0 Å². The van der Waals surface area contributed by atoms with Crippen molar-refractivity contribution >= 4 is 17.5 Å². The molecular weight excluding hydrogens is 472 g/mol. The predicted octanol–water partition coefficient (Wildman–Crippen LogP) is 4.52. The van der Waals surface area contributed by atoms with Gasteiger partial charge in [0.2, 0.25) is 11.8 Å². The number of carbonyl (C=O) groups excluding carboxylic acids is 2. The third kappa shape index (κ3) is 5.48. The molecule has 0 aromatic heterocycles. The Morgan fingerprint density at radius 3 is 2.24 bits per heavy atom. The third-order valence-corrected chi connectivity index (χ3v) is 6.68. The monoisotopic (exact) mass is 504 g/mol. The highest BCUT2D eigenvalue weighted by Crippen LogP contribution is 2.42. The first kappa shape index (κ1) is 25.9. The summed E-state index contributed by atoms with van der Waals surface area (Å²) in [7, 11) is 6.33. The Bertz CT molecular complexity index is 1240. The molecule has 0 saturated carbocycles. The van der Waals surface area contributed by atoms with E-state index in [0.29, 0.717) is 41.7 Å². The van der Waals surface area contributed by atoms with Gasteiger partial charge in [0.05, 0.1) is 40.4 Å². The van der Waals surface area contributed by atoms with Crippen LogP contribution in [0.5, 0.6) is 23.0 Å². The Balaban J connectivity index is 1.71. The van der Waals surface area contributed by atoms with Gasteiger partial charge in [-0.3, -0.25) is 9.59 Å². The molecule has 0 bridgehead atoms. The maximum absolute atomic E-state index is 13.7. The zero-order valence-corrected chi connectivity index (χ0v) is 21.5. The Labute approximate surface area is 217 Å². The second-order valence-corrected chi connectivity index (χ2v) is 8.70. The number of methoxy groups -OCH3 is 4. The molecule has 3 aromatic carbocycles. The number of benzene rings is 3. The molecule has 0 radical (unpaired) electrons. The highest BCUT2D eigenvalue weighted by molar-refractivity contribution is 5.97. The molecule has 2 amide bonds. The maximum Gasteiger partial charge on any atom is 0.227 e. The summed E-state index contributed by atoms with van der Waals surface area (Å²) in [5.41, 5.74) is 2.34. The number of para-hydroxylation sites is 1. The highest BCUT2D eigenvalue weighted by atomic mass is 16.5. The van der Waals surface area contributed by atoms with E-state index in [2.05, 4.69) is 5.32 Å². The number of hydrogen-bond donors (Lipinski definition) is 1. The molecule has 4 rings (SSSR count). The minimum absolute atomic E-state index is 0.0567. The number of ether oxygens (including phenoxy) is 4. The van der Waals surface area contributed by atoms with E-state index < -0.39 is 12.0 Å². The molecule has 1 saturated heterocycles. The molecule has 2 atom stereocenters. The van der Waals surface area contributed by atoms with Crippen LogP contribution in [0.2, 0.25) is 0 Å². The average Bonchev–Trinajstić information content (AvgIpc) is 2.95. The zero-order chi connectivity index (χ0) is 26.4. The highest BCUT2D eigenvalue weighted by Gasteiger charge is 2.41. The molecule has 1 aliphatic heterocycles. The molecule has 3 aromatic rings. The van der Waals surface area contributed by atoms with Crippen molar-refractivity contribution in [3.63, 3.8) is 0 Å². The number of anilines is 1. The van der Waals surface area contributed by atoms with Crippen LogP contribution < -0.4 is 29.2 Å². The number of hydrogen-bond acceptors (Lipinski definition) is 6. The van der Waals surface area contributed by atoms with Crippen LogP contribution in [0.15, 0.2) is 66.7 Å². The molecule has 0 spiro atoms. The predicted molar refractivity (Wildman–Crippen MR) is 140 cm³/mol. The molecule has 1 aliphatic rings. The summed E-state index contributed by atoms with van der Waals surface area (Å²) in [4.78, 5) is 28.7. The van der Waals surface area contributed by atoms with Gasteiger partial charge in [-0.2, -0.15) is 0 Å². The van der Waals surface area contributed by atoms with E-state index in [1.807, 2.05) is 48.5 Å². The largest absolute Gasteiger partial charge is 0.497 e. The molecule has 8 nitrogen and oxygen atoms in total. The molecule has 1 N–H and O–H groups in total. The summed E-state index contributed by atoms with van der Waals surface area (Å²) in [5.74, 6) is 1.80. The van der Waals surface area contributed by atoms with Crippen molar-refractivity contribution in [3.05, 3.63) is 77.9 Å². The second kappa shape index (κ2) is 11.7. The molecule has 8 heteroatoms. The fraction of sp³-hybridized carbons (Fsp3) is 0.310. The Kier molecular flexibility index (Phi) is 8.18. The SMILES string of the molecule is COc1ccc(N2C(=O)CC[C@H](C(=O)NCc3ccccc3OC)[C@H]2c2ccc(OC)c(OC)c2)cc1. The zero-order valence-electron chi connectivity index (χ0n) is 21.5. The fourth-order valence-corrected chi connectivity index (χ4v) is 4.79. The van der Waals surface area contributed by atoms with Crippen LogP contribution in [0, 0.1) is 5.92 Å². The van der Waals surface area contributed by atoms with E-state index in [4.69, 9.17) is 18.9 Å². The van der Waals surface area contributed by atoms with Gasteiger partial charge < -0.3 is 29.2 Å². The van der Waals surface area contributed by atoms with Gasteiger partial charge in [0.15, 0.2) is 11.5 Å². The van der Waals surface area contributed by atoms with E-state index in [9.17, 15) is 9.59 Å². The molecule has 1 heterocycles. The topological polar surface area (TPSA) is 86.3 Å². The summed E-state index contributed by atoms with van der Waals surface area (Å²) < 4.78 is 21.7. The van der Waals surface area contributed by atoms with Gasteiger partial charge in [-0.05, 0) is 54.4 Å². The lowest BCUT2D eigenvalue weighted by molar-refractivity contribution is -0.129. The van der Waals surface area contributed by atoms with Crippen molar-refractivity contribution in [2.75, 3.05) is 33.3 Å². The first-order valence-electron chi connectivity index (χ1n) is 12.1. The Hall–Kier alpha value is -4.20. The summed E-state index contributed by atoms with van der Waals surface area (Å²) in [6, 6.07) is 19.8. The van der Waals surface area contributed by atoms with Crippen molar-refractivity contribution in [2.24, 2.45) is 5.92 Å². The molecule has 0 unspecified atom stereocenters. The summed E-state index contributed by atoms with van der Waals surface area (Å²) in [6.45, 7) is 0.314. The van der Waals surface area contributed by atoms with Crippen LogP contribution in [0.1, 0.15) is 30.0 Å². The average molecular weight is 505 g/mol. The summed E-state index contributed by atoms with van der Waals surface area (Å²) in [6.07, 6.45) is 0.671. The number of piperidine rings is 1. The Morgan fingerprint density at radius 1 is 0.865 bits per heavy atom. The summed E-state index contributed by atoms with van der Waals surface area (Å²) in [5, 5.41) is 3.07. The van der Waals surface area contributed by atoms with Gasteiger partial charge >= 0.3 is 0 Å². The van der Waals surface area contributed by atoms with Crippen LogP contribution in [0.25, 0.3) is 0 Å². The van der Waals surface area contributed by atoms with E-state index >= 15 is 0 Å². The number of amides is 2. The Morgan fingerprint density at radius 2 is 1.57 bits per heavy atom. The van der Waals surface area contributed by atoms with E-state index in [1.54, 1.807) is 51.5 Å². The standard InChI is InChI=1S/C29H32N2O6/c1-34-22-12-10-21(11-13-22)31-27(32)16-14-23(28(31)19-9-15-25(36-3)26(17-19)37-4)29(33)30-18-20-7-5-6-8-24(20)35-2/h5-13,15,17,23,28H,14,16,18H2,1-4H3,(H,30,33)/t23-,28+/m0/s1. The third-order valence-electron chi connectivity index (χ3n) is 6.68. The van der Waals surface area contributed by atoms with E-state index in [-0.39, 0.29) is 18.2 Å². The number of carbonyl (C=O) groups is 2. The summed E-state index contributed by atoms with van der Waals surface area (Å²) >= 11 is 0. The first-order chi connectivity index (χ1) is 18.0. The van der Waals surface area contributed by atoms with Crippen molar-refractivity contribution in [1.82, 2.24) is 5.32 Å². The lowest BCUT2D eigenvalue weighted by atomic mass is 9.83. The van der Waals surface area contributed by atoms with Gasteiger partial charge in [-0.15, -0.1) is 0 Å². The van der Waals surface area contributed by atoms with Gasteiger partial charge in [0.1, 0.15) is 11.5 Å². The quantitative estimate of drug-likeness (QED) is 0.461. The minimum atomic E-state index is -0.549. The second-order valence-electron chi connectivity index (χ2n) is 8.70. The normalized spacial score (nSPS) is 17.2. The van der Waals surface area contributed by atoms with Crippen molar-refractivity contribution in [2.45, 2.75) is 25.4 Å². The number of rotatable bonds is 9. The van der Waals surface area contributed by atoms with Crippen LogP contribution in [-0.4, -0.2) is 40.3 Å². The van der Waals surface area contributed by atoms with Crippen LogP contribution in [-0.2, 0) is 16.1 Å². The van der Waals surface area contributed by atoms with Crippen molar-refractivity contribution in [1.29, 1.82) is 0 Å². The minimum Gasteiger partial charge on any atom is -0.497 e. The van der Waals surface area contributed by atoms with E-state index in [0.717, 1.165) is 11.1 Å². The molecule has 194 valence electrons. The van der Waals surface area contributed by atoms with Crippen LogP contribution in [0.4, 0.5) is 5.69 Å². The first-order valence-corrected chi connectivity index (χ1v) is 12.1. The van der Waals surface area contributed by atoms with Crippen molar-refractivity contribution in [3.8, 4) is 23.0 Å². The van der Waals surface area contributed by atoms with Gasteiger partial charge in [-0.25, -0.2) is 0 Å². The fourth-order valence-electron chi connectivity index (χ4n) is 4.79. The molecule has 1 fully saturated rings. The number of nitrogens with zero attached hydrogens (tertiary/aromatic N) is 1. The lowest BCUT2D eigenvalue weighted by Gasteiger charge is -2.41. The molecular formula is C29H32N2O6. The number of nitrogens with one attached hydrogen (secondary N) is 1. The van der Waals surface area contributed by atoms with Crippen molar-refractivity contribution < 1.29 is 28.5 Å². The van der Waals surface area contributed by atoms with Crippen LogP contribution in [0.3, 0.4) is 0 Å². The molecule has 0 aliphatic carbocycles. The van der Waals surface area contributed by atoms with Crippen LogP contribution >= 0.6 is 0 Å². The smallest absolute Gasteiger partial charge is 0.227 e. The van der Waals surface area contributed by atoms with Gasteiger partial charge in [-0.1, -0.05) is 24.3 Å². The molecule has 37 heavy (non-hydrogen) atoms. The van der Waals surface area contributed by atoms with Gasteiger partial charge in [0, 0.05) is 24.2 Å².